The molecule has 35 heavy (non-hydrogen) atoms. The fourth-order valence-electron chi connectivity index (χ4n) is 4.10. The topological polar surface area (TPSA) is 123 Å². The van der Waals surface area contributed by atoms with Crippen LogP contribution in [0.15, 0.2) is 58.7 Å². The van der Waals surface area contributed by atoms with Crippen LogP contribution in [0.2, 0.25) is 0 Å². The number of nitrogens with zero attached hydrogens (tertiary/aromatic N) is 5. The van der Waals surface area contributed by atoms with Gasteiger partial charge in [-0.1, -0.05) is 0 Å². The highest BCUT2D eigenvalue weighted by Crippen LogP contribution is 2.29. The summed E-state index contributed by atoms with van der Waals surface area (Å²) in [5, 5.41) is 27.8. The van der Waals surface area contributed by atoms with Crippen LogP contribution in [-0.4, -0.2) is 67.0 Å². The number of aromatic amines is 1. The van der Waals surface area contributed by atoms with Gasteiger partial charge in [-0.3, -0.25) is 14.8 Å². The second kappa shape index (κ2) is 10.5. The lowest BCUT2D eigenvalue weighted by Crippen LogP contribution is -2.39. The van der Waals surface area contributed by atoms with E-state index in [2.05, 4.69) is 30.8 Å². The number of benzene rings is 1. The van der Waals surface area contributed by atoms with Crippen LogP contribution in [0.25, 0.3) is 5.52 Å². The predicted octanol–water partition coefficient (Wildman–Crippen LogP) is 3.30. The van der Waals surface area contributed by atoms with E-state index in [4.69, 9.17) is 4.98 Å². The van der Waals surface area contributed by atoms with E-state index in [1.165, 1.54) is 11.8 Å². The zero-order chi connectivity index (χ0) is 24.2. The summed E-state index contributed by atoms with van der Waals surface area (Å²) in [6, 6.07) is 13.4. The minimum Gasteiger partial charge on any atom is -0.396 e. The molecule has 1 aromatic carbocycles. The molecule has 5 rings (SSSR count). The molecule has 4 heterocycles. The normalized spacial score (nSPS) is 14.9. The Bertz CT molecular complexity index is 1290. The Morgan fingerprint density at radius 3 is 2.74 bits per heavy atom. The van der Waals surface area contributed by atoms with Crippen molar-refractivity contribution in [1.82, 2.24) is 29.7 Å². The molecule has 0 spiro atoms. The highest BCUT2D eigenvalue weighted by Gasteiger charge is 2.20. The third-order valence-corrected chi connectivity index (χ3v) is 6.87. The van der Waals surface area contributed by atoms with Crippen molar-refractivity contribution in [3.63, 3.8) is 0 Å². The number of anilines is 3. The molecular formula is C24H28N8O2S. The molecular weight excluding hydrogens is 464 g/mol. The number of amides is 1. The summed E-state index contributed by atoms with van der Waals surface area (Å²) in [6.07, 6.45) is 3.75. The van der Waals surface area contributed by atoms with Gasteiger partial charge in [-0.2, -0.15) is 5.10 Å². The first-order valence-corrected chi connectivity index (χ1v) is 12.4. The molecule has 182 valence electrons. The number of likely N-dealkylation sites (tertiary alicyclic amines) is 1. The summed E-state index contributed by atoms with van der Waals surface area (Å²) in [5.74, 6) is 1.70. The fourth-order valence-corrected chi connectivity index (χ4v) is 4.84. The van der Waals surface area contributed by atoms with Gasteiger partial charge < -0.3 is 15.7 Å². The summed E-state index contributed by atoms with van der Waals surface area (Å²) in [6.45, 7) is 4.23. The van der Waals surface area contributed by atoms with Crippen molar-refractivity contribution >= 4 is 40.5 Å². The van der Waals surface area contributed by atoms with Gasteiger partial charge in [-0.25, -0.2) is 9.50 Å². The number of rotatable bonds is 8. The lowest BCUT2D eigenvalue weighted by molar-refractivity contribution is -0.117. The van der Waals surface area contributed by atoms with Crippen LogP contribution in [0.3, 0.4) is 0 Å². The lowest BCUT2D eigenvalue weighted by atomic mass is 9.98. The van der Waals surface area contributed by atoms with E-state index in [0.29, 0.717) is 29.3 Å². The van der Waals surface area contributed by atoms with Gasteiger partial charge in [-0.15, -0.1) is 5.10 Å². The van der Waals surface area contributed by atoms with Gasteiger partial charge in [0.15, 0.2) is 11.6 Å². The van der Waals surface area contributed by atoms with Gasteiger partial charge in [0.25, 0.3) is 0 Å². The molecule has 1 saturated heterocycles. The van der Waals surface area contributed by atoms with Gasteiger partial charge in [0.1, 0.15) is 5.52 Å². The fraction of sp³-hybridized carbons (Fsp3) is 0.333. The summed E-state index contributed by atoms with van der Waals surface area (Å²) in [4.78, 5) is 20.2. The summed E-state index contributed by atoms with van der Waals surface area (Å²) in [5.41, 5.74) is 2.57. The van der Waals surface area contributed by atoms with E-state index >= 15 is 0 Å². The summed E-state index contributed by atoms with van der Waals surface area (Å²) < 4.78 is 1.79. The number of piperidine rings is 1. The number of H-pyrrole nitrogens is 1. The number of hydrogen-bond donors (Lipinski definition) is 4. The maximum atomic E-state index is 12.5. The predicted molar refractivity (Wildman–Crippen MR) is 135 cm³/mol. The third-order valence-electron chi connectivity index (χ3n) is 6.00. The highest BCUT2D eigenvalue weighted by atomic mass is 32.2. The molecule has 10 nitrogen and oxygen atoms in total. The van der Waals surface area contributed by atoms with Gasteiger partial charge in [0, 0.05) is 35.1 Å². The van der Waals surface area contributed by atoms with Crippen molar-refractivity contribution in [1.29, 1.82) is 0 Å². The number of aliphatic hydroxyl groups is 1. The van der Waals surface area contributed by atoms with Crippen LogP contribution in [0.1, 0.15) is 18.5 Å². The molecule has 0 radical (unpaired) electrons. The van der Waals surface area contributed by atoms with Crippen molar-refractivity contribution in [2.24, 2.45) is 5.92 Å². The van der Waals surface area contributed by atoms with E-state index in [9.17, 15) is 9.90 Å². The minimum absolute atomic E-state index is 0.0291. The summed E-state index contributed by atoms with van der Waals surface area (Å²) >= 11 is 1.44. The molecule has 4 aromatic rings. The van der Waals surface area contributed by atoms with E-state index < -0.39 is 0 Å². The minimum atomic E-state index is -0.0291. The Morgan fingerprint density at radius 2 is 2.03 bits per heavy atom. The van der Waals surface area contributed by atoms with Crippen molar-refractivity contribution < 1.29 is 9.90 Å². The number of aryl methyl sites for hydroxylation is 1. The van der Waals surface area contributed by atoms with Crippen LogP contribution < -0.4 is 10.6 Å². The van der Waals surface area contributed by atoms with E-state index in [-0.39, 0.29) is 12.5 Å². The third kappa shape index (κ3) is 5.81. The number of carbonyl (C=O) groups excluding carboxylic acids is 1. The Morgan fingerprint density at radius 1 is 1.23 bits per heavy atom. The first kappa shape index (κ1) is 23.3. The molecule has 11 heteroatoms. The Kier molecular flexibility index (Phi) is 6.98. The van der Waals surface area contributed by atoms with Gasteiger partial charge in [-0.05, 0) is 86.9 Å². The van der Waals surface area contributed by atoms with Gasteiger partial charge >= 0.3 is 0 Å². The van der Waals surface area contributed by atoms with Crippen molar-refractivity contribution in [2.75, 3.05) is 36.9 Å². The Hall–Kier alpha value is -3.41. The average molecular weight is 493 g/mol. The van der Waals surface area contributed by atoms with Gasteiger partial charge in [0.05, 0.1) is 6.54 Å². The highest BCUT2D eigenvalue weighted by molar-refractivity contribution is 7.99. The molecule has 1 aliphatic heterocycles. The molecule has 0 saturated carbocycles. The van der Waals surface area contributed by atoms with Crippen molar-refractivity contribution in [2.45, 2.75) is 29.8 Å². The van der Waals surface area contributed by atoms with Crippen LogP contribution in [0.5, 0.6) is 0 Å². The largest absolute Gasteiger partial charge is 0.396 e. The SMILES string of the molecule is Cc1cc(Nc2nc(Sc3ccc(NC(=O)CN4CCC(CO)CC4)cc3)nn3cccc23)n[nH]1. The van der Waals surface area contributed by atoms with E-state index in [1.54, 1.807) is 4.52 Å². The van der Waals surface area contributed by atoms with Crippen LogP contribution in [0.4, 0.5) is 17.3 Å². The first-order valence-electron chi connectivity index (χ1n) is 11.6. The average Bonchev–Trinajstić information content (AvgIpc) is 3.49. The molecule has 4 N–H and O–H groups in total. The zero-order valence-electron chi connectivity index (χ0n) is 19.4. The number of nitrogens with one attached hydrogen (secondary N) is 3. The molecule has 0 aliphatic carbocycles. The molecule has 1 fully saturated rings. The van der Waals surface area contributed by atoms with Gasteiger partial charge in [0.2, 0.25) is 11.1 Å². The Balaban J connectivity index is 1.21. The number of fused-ring (bicyclic) bond motifs is 1. The van der Waals surface area contributed by atoms with Crippen molar-refractivity contribution in [3.05, 3.63) is 54.4 Å². The first-order chi connectivity index (χ1) is 17.1. The monoisotopic (exact) mass is 492 g/mol. The molecule has 0 atom stereocenters. The number of carbonyl (C=O) groups is 1. The second-order valence-electron chi connectivity index (χ2n) is 8.72. The number of aromatic nitrogens is 5. The van der Waals surface area contributed by atoms with Crippen LogP contribution in [0, 0.1) is 12.8 Å². The quantitative estimate of drug-likeness (QED) is 0.295. The maximum Gasteiger partial charge on any atom is 0.238 e. The maximum absolute atomic E-state index is 12.5. The lowest BCUT2D eigenvalue weighted by Gasteiger charge is -2.30. The molecule has 3 aromatic heterocycles. The second-order valence-corrected chi connectivity index (χ2v) is 9.76. The zero-order valence-corrected chi connectivity index (χ0v) is 20.3. The van der Waals surface area contributed by atoms with Crippen molar-refractivity contribution in [3.8, 4) is 0 Å². The molecule has 1 aliphatic rings. The van der Waals surface area contributed by atoms with E-state index in [1.807, 2.05) is 55.6 Å². The van der Waals surface area contributed by atoms with E-state index in [0.717, 1.165) is 47.7 Å². The smallest absolute Gasteiger partial charge is 0.238 e. The number of aliphatic hydroxyl groups excluding tert-OH is 1. The molecule has 0 bridgehead atoms. The molecule has 0 unspecified atom stereocenters. The Labute approximate surface area is 207 Å². The standard InChI is InChI=1S/C24H28N8O2S/c1-16-13-21(29-28-16)26-23-20-3-2-10-32(20)30-24(27-23)35-19-6-4-18(5-7-19)25-22(34)14-31-11-8-17(15-33)9-12-31/h2-7,10,13,17,33H,8-9,11-12,14-15H2,1H3,(H,25,34)(H2,26,27,28,29,30). The summed E-state index contributed by atoms with van der Waals surface area (Å²) in [7, 11) is 0. The molecule has 1 amide bonds. The number of hydrogen-bond acceptors (Lipinski definition) is 8. The van der Waals surface area contributed by atoms with Crippen LogP contribution in [-0.2, 0) is 4.79 Å². The van der Waals surface area contributed by atoms with Crippen LogP contribution >= 0.6 is 11.8 Å².